The summed E-state index contributed by atoms with van der Waals surface area (Å²) >= 11 is 0. The molecule has 1 aromatic carbocycles. The second-order valence-corrected chi connectivity index (χ2v) is 6.00. The molecule has 1 aliphatic rings. The Labute approximate surface area is 125 Å². The van der Waals surface area contributed by atoms with E-state index in [0.29, 0.717) is 0 Å². The van der Waals surface area contributed by atoms with Gasteiger partial charge in [-0.1, -0.05) is 18.2 Å². The molecule has 4 heteroatoms. The lowest BCUT2D eigenvalue weighted by Crippen LogP contribution is -2.44. The Balaban J connectivity index is 2.09. The van der Waals surface area contributed by atoms with Crippen LogP contribution in [0.5, 0.6) is 0 Å². The van der Waals surface area contributed by atoms with Crippen LogP contribution in [0.2, 0.25) is 0 Å². The van der Waals surface area contributed by atoms with Crippen LogP contribution >= 0.6 is 0 Å². The van der Waals surface area contributed by atoms with Gasteiger partial charge in [0, 0.05) is 30.0 Å². The van der Waals surface area contributed by atoms with E-state index >= 15 is 0 Å². The van der Waals surface area contributed by atoms with E-state index in [2.05, 4.69) is 41.5 Å². The first-order valence-electron chi connectivity index (χ1n) is 7.70. The highest BCUT2D eigenvalue weighted by Gasteiger charge is 2.42. The fourth-order valence-electron chi connectivity index (χ4n) is 3.62. The molecule has 0 saturated carbocycles. The number of aliphatic hydroxyl groups is 1. The molecule has 2 aromatic rings. The predicted octanol–water partition coefficient (Wildman–Crippen LogP) is 2.17. The lowest BCUT2D eigenvalue weighted by atomic mass is 9.80. The Kier molecular flexibility index (Phi) is 4.02. The number of H-pyrrole nitrogens is 1. The van der Waals surface area contributed by atoms with E-state index in [1.807, 2.05) is 7.05 Å². The van der Waals surface area contributed by atoms with Gasteiger partial charge in [0.05, 0.1) is 12.3 Å². The molecule has 0 saturated heterocycles. The third-order valence-electron chi connectivity index (χ3n) is 4.77. The monoisotopic (exact) mass is 288 g/mol. The van der Waals surface area contributed by atoms with Crippen molar-refractivity contribution in [1.29, 1.82) is 0 Å². The number of hydrogen-bond donors (Lipinski definition) is 3. The van der Waals surface area contributed by atoms with Crippen LogP contribution in [0, 0.1) is 5.92 Å². The summed E-state index contributed by atoms with van der Waals surface area (Å²) in [6, 6.07) is 8.44. The highest BCUT2D eigenvalue weighted by Crippen LogP contribution is 2.42. The standard InChI is InChI=1S/C17H24N2O2/c1-17(12(7-9-20)11-18-2)16-14(8-10-21-17)13-5-3-4-6-15(13)19-16/h3-6,12,18-20H,7-11H2,1-2H3. The molecule has 3 rings (SSSR count). The molecule has 2 atom stereocenters. The fourth-order valence-corrected chi connectivity index (χ4v) is 3.62. The van der Waals surface area contributed by atoms with Crippen LogP contribution in [-0.4, -0.2) is 36.9 Å². The summed E-state index contributed by atoms with van der Waals surface area (Å²) in [5.41, 5.74) is 3.35. The maximum atomic E-state index is 9.40. The van der Waals surface area contributed by atoms with Crippen LogP contribution in [0.15, 0.2) is 24.3 Å². The van der Waals surface area contributed by atoms with Gasteiger partial charge in [0.1, 0.15) is 5.60 Å². The van der Waals surface area contributed by atoms with Crippen LogP contribution in [-0.2, 0) is 16.8 Å². The molecule has 1 aliphatic heterocycles. The summed E-state index contributed by atoms with van der Waals surface area (Å²) in [5.74, 6) is 0.236. The van der Waals surface area contributed by atoms with E-state index in [-0.39, 0.29) is 18.1 Å². The molecule has 2 unspecified atom stereocenters. The van der Waals surface area contributed by atoms with Gasteiger partial charge in [-0.05, 0) is 38.4 Å². The van der Waals surface area contributed by atoms with Crippen molar-refractivity contribution in [2.75, 3.05) is 26.8 Å². The number of benzene rings is 1. The third-order valence-corrected chi connectivity index (χ3v) is 4.77. The number of para-hydroxylation sites is 1. The van der Waals surface area contributed by atoms with E-state index < -0.39 is 0 Å². The largest absolute Gasteiger partial charge is 0.396 e. The van der Waals surface area contributed by atoms with Crippen LogP contribution < -0.4 is 5.32 Å². The van der Waals surface area contributed by atoms with Crippen molar-refractivity contribution in [2.45, 2.75) is 25.4 Å². The maximum Gasteiger partial charge on any atom is 0.109 e. The topological polar surface area (TPSA) is 57.3 Å². The Morgan fingerprint density at radius 1 is 1.43 bits per heavy atom. The molecule has 0 aliphatic carbocycles. The van der Waals surface area contributed by atoms with E-state index in [4.69, 9.17) is 4.74 Å². The molecule has 4 nitrogen and oxygen atoms in total. The van der Waals surface area contributed by atoms with Crippen molar-refractivity contribution in [1.82, 2.24) is 10.3 Å². The van der Waals surface area contributed by atoms with Gasteiger partial charge >= 0.3 is 0 Å². The zero-order valence-electron chi connectivity index (χ0n) is 12.8. The fraction of sp³-hybridized carbons (Fsp3) is 0.529. The van der Waals surface area contributed by atoms with E-state index in [1.54, 1.807) is 0 Å². The number of ether oxygens (including phenoxy) is 1. The summed E-state index contributed by atoms with van der Waals surface area (Å²) in [6.07, 6.45) is 1.67. The first-order valence-corrected chi connectivity index (χ1v) is 7.70. The van der Waals surface area contributed by atoms with Gasteiger partial charge in [0.15, 0.2) is 0 Å². The molecule has 0 spiro atoms. The number of rotatable bonds is 5. The summed E-state index contributed by atoms with van der Waals surface area (Å²) in [4.78, 5) is 3.57. The lowest BCUT2D eigenvalue weighted by Gasteiger charge is -2.40. The van der Waals surface area contributed by atoms with Gasteiger partial charge < -0.3 is 20.1 Å². The quantitative estimate of drug-likeness (QED) is 0.790. The SMILES string of the molecule is CNCC(CCO)C1(C)OCCc2c1[nH]c1ccccc21. The number of nitrogens with one attached hydrogen (secondary N) is 2. The summed E-state index contributed by atoms with van der Waals surface area (Å²) in [7, 11) is 1.95. The Bertz CT molecular complexity index is 616. The normalized spacial score (nSPS) is 23.2. The highest BCUT2D eigenvalue weighted by molar-refractivity contribution is 5.85. The van der Waals surface area contributed by atoms with E-state index in [0.717, 1.165) is 26.0 Å². The molecule has 0 amide bonds. The number of aromatic nitrogens is 1. The minimum absolute atomic E-state index is 0.181. The van der Waals surface area contributed by atoms with Crippen molar-refractivity contribution in [3.63, 3.8) is 0 Å². The molecule has 21 heavy (non-hydrogen) atoms. The van der Waals surface area contributed by atoms with E-state index in [9.17, 15) is 5.11 Å². The van der Waals surface area contributed by atoms with Crippen molar-refractivity contribution >= 4 is 10.9 Å². The molecule has 1 aromatic heterocycles. The van der Waals surface area contributed by atoms with Gasteiger partial charge in [-0.2, -0.15) is 0 Å². The maximum absolute atomic E-state index is 9.40. The Morgan fingerprint density at radius 3 is 3.00 bits per heavy atom. The van der Waals surface area contributed by atoms with Crippen LogP contribution in [0.3, 0.4) is 0 Å². The highest BCUT2D eigenvalue weighted by atomic mass is 16.5. The third kappa shape index (κ3) is 2.37. The first-order chi connectivity index (χ1) is 10.2. The van der Waals surface area contributed by atoms with Crippen LogP contribution in [0.25, 0.3) is 10.9 Å². The van der Waals surface area contributed by atoms with Crippen LogP contribution in [0.4, 0.5) is 0 Å². The molecule has 0 bridgehead atoms. The smallest absolute Gasteiger partial charge is 0.109 e. The average molecular weight is 288 g/mol. The van der Waals surface area contributed by atoms with Gasteiger partial charge in [-0.15, -0.1) is 0 Å². The minimum Gasteiger partial charge on any atom is -0.396 e. The van der Waals surface area contributed by atoms with Crippen molar-refractivity contribution in [2.24, 2.45) is 5.92 Å². The van der Waals surface area contributed by atoms with Crippen molar-refractivity contribution in [3.05, 3.63) is 35.5 Å². The van der Waals surface area contributed by atoms with E-state index in [1.165, 1.54) is 22.2 Å². The van der Waals surface area contributed by atoms with Gasteiger partial charge in [0.2, 0.25) is 0 Å². The van der Waals surface area contributed by atoms with Crippen molar-refractivity contribution < 1.29 is 9.84 Å². The zero-order valence-corrected chi connectivity index (χ0v) is 12.8. The molecular formula is C17H24N2O2. The first kappa shape index (κ1) is 14.6. The van der Waals surface area contributed by atoms with Gasteiger partial charge in [-0.25, -0.2) is 0 Å². The van der Waals surface area contributed by atoms with Crippen LogP contribution in [0.1, 0.15) is 24.6 Å². The summed E-state index contributed by atoms with van der Waals surface area (Å²) in [5, 5.41) is 13.9. The number of aliphatic hydroxyl groups excluding tert-OH is 1. The molecule has 2 heterocycles. The summed E-state index contributed by atoms with van der Waals surface area (Å²) in [6.45, 7) is 3.89. The molecule has 0 radical (unpaired) electrons. The molecule has 0 fully saturated rings. The lowest BCUT2D eigenvalue weighted by molar-refractivity contribution is -0.0952. The van der Waals surface area contributed by atoms with Gasteiger partial charge in [0.25, 0.3) is 0 Å². The molecular weight excluding hydrogens is 264 g/mol. The number of aromatic amines is 1. The number of fused-ring (bicyclic) bond motifs is 3. The Hall–Kier alpha value is -1.36. The molecule has 114 valence electrons. The number of hydrogen-bond acceptors (Lipinski definition) is 3. The minimum atomic E-state index is -0.377. The zero-order chi connectivity index (χ0) is 14.9. The summed E-state index contributed by atoms with van der Waals surface area (Å²) < 4.78 is 6.21. The second-order valence-electron chi connectivity index (χ2n) is 6.00. The predicted molar refractivity (Wildman–Crippen MR) is 84.4 cm³/mol. The Morgan fingerprint density at radius 2 is 2.24 bits per heavy atom. The molecule has 3 N–H and O–H groups in total. The second kappa shape index (κ2) is 5.79. The average Bonchev–Trinajstić information content (AvgIpc) is 2.88. The van der Waals surface area contributed by atoms with Crippen molar-refractivity contribution in [3.8, 4) is 0 Å². The van der Waals surface area contributed by atoms with Gasteiger partial charge in [-0.3, -0.25) is 0 Å².